The molecule has 0 saturated carbocycles. The third-order valence-electron chi connectivity index (χ3n) is 4.50. The molecular weight excluding hydrogens is 348 g/mol. The van der Waals surface area contributed by atoms with Crippen LogP contribution in [0.25, 0.3) is 0 Å². The molecule has 0 radical (unpaired) electrons. The average molecular weight is 378 g/mol. The Morgan fingerprint density at radius 3 is 2.93 bits per heavy atom. The fourth-order valence-corrected chi connectivity index (χ4v) is 3.01. The van der Waals surface area contributed by atoms with E-state index in [9.17, 15) is 9.90 Å². The molecule has 0 aromatic heterocycles. The lowest BCUT2D eigenvalue weighted by atomic mass is 9.84. The van der Waals surface area contributed by atoms with Crippen LogP contribution < -0.4 is 20.7 Å². The Labute approximate surface area is 160 Å². The standard InChI is InChI=1S/C19H30N4O4/c1-15(25)23-16-4-3-5-17(12-16)27-11-8-21-18(20-2)22-13-19(6-9-24)7-10-26-14-19/h3-5,12,24H,6-11,13-14H2,1-2H3,(H,23,25)(H2,20,21,22). The maximum absolute atomic E-state index is 11.1. The van der Waals surface area contributed by atoms with Gasteiger partial charge in [0.1, 0.15) is 12.4 Å². The number of nitrogens with one attached hydrogen (secondary N) is 3. The smallest absolute Gasteiger partial charge is 0.221 e. The topological polar surface area (TPSA) is 104 Å². The van der Waals surface area contributed by atoms with E-state index in [-0.39, 0.29) is 17.9 Å². The Kier molecular flexibility index (Phi) is 8.35. The zero-order valence-corrected chi connectivity index (χ0v) is 16.1. The van der Waals surface area contributed by atoms with Crippen molar-refractivity contribution in [2.75, 3.05) is 51.9 Å². The highest BCUT2D eigenvalue weighted by molar-refractivity contribution is 5.88. The van der Waals surface area contributed by atoms with Gasteiger partial charge in [-0.25, -0.2) is 0 Å². The predicted octanol–water partition coefficient (Wildman–Crippen LogP) is 0.978. The summed E-state index contributed by atoms with van der Waals surface area (Å²) in [6, 6.07) is 7.27. The maximum Gasteiger partial charge on any atom is 0.221 e. The minimum absolute atomic E-state index is 0.0347. The van der Waals surface area contributed by atoms with Gasteiger partial charge in [-0.3, -0.25) is 9.79 Å². The van der Waals surface area contributed by atoms with Gasteiger partial charge in [-0.15, -0.1) is 0 Å². The number of hydrogen-bond acceptors (Lipinski definition) is 5. The van der Waals surface area contributed by atoms with Gasteiger partial charge in [0.2, 0.25) is 5.91 Å². The van der Waals surface area contributed by atoms with Crippen molar-refractivity contribution in [3.63, 3.8) is 0 Å². The van der Waals surface area contributed by atoms with Crippen LogP contribution in [0.15, 0.2) is 29.3 Å². The van der Waals surface area contributed by atoms with Crippen molar-refractivity contribution in [3.05, 3.63) is 24.3 Å². The van der Waals surface area contributed by atoms with E-state index in [1.807, 2.05) is 18.2 Å². The van der Waals surface area contributed by atoms with E-state index in [0.717, 1.165) is 13.0 Å². The number of carbonyl (C=O) groups is 1. The highest BCUT2D eigenvalue weighted by atomic mass is 16.5. The molecule has 150 valence electrons. The molecule has 27 heavy (non-hydrogen) atoms. The first-order chi connectivity index (χ1) is 13.1. The number of anilines is 1. The molecule has 1 unspecified atom stereocenters. The van der Waals surface area contributed by atoms with Gasteiger partial charge in [-0.1, -0.05) is 6.07 Å². The summed E-state index contributed by atoms with van der Waals surface area (Å²) < 4.78 is 11.2. The fraction of sp³-hybridized carbons (Fsp3) is 0.579. The van der Waals surface area contributed by atoms with Crippen LogP contribution in [-0.4, -0.2) is 63.5 Å². The Morgan fingerprint density at radius 2 is 2.26 bits per heavy atom. The molecule has 2 rings (SSSR count). The molecule has 8 heteroatoms. The summed E-state index contributed by atoms with van der Waals surface area (Å²) >= 11 is 0. The molecule has 1 saturated heterocycles. The summed E-state index contributed by atoms with van der Waals surface area (Å²) in [5.41, 5.74) is 0.672. The van der Waals surface area contributed by atoms with Gasteiger partial charge < -0.3 is 30.5 Å². The second-order valence-electron chi connectivity index (χ2n) is 6.69. The average Bonchev–Trinajstić information content (AvgIpc) is 3.10. The van der Waals surface area contributed by atoms with E-state index in [0.29, 0.717) is 50.1 Å². The van der Waals surface area contributed by atoms with Gasteiger partial charge >= 0.3 is 0 Å². The lowest BCUT2D eigenvalue weighted by molar-refractivity contribution is -0.114. The van der Waals surface area contributed by atoms with Crippen LogP contribution in [0.1, 0.15) is 19.8 Å². The summed E-state index contributed by atoms with van der Waals surface area (Å²) in [5.74, 6) is 1.26. The van der Waals surface area contributed by atoms with Crippen molar-refractivity contribution in [2.45, 2.75) is 19.8 Å². The zero-order valence-electron chi connectivity index (χ0n) is 16.1. The first-order valence-corrected chi connectivity index (χ1v) is 9.20. The largest absolute Gasteiger partial charge is 0.492 e. The highest BCUT2D eigenvalue weighted by Gasteiger charge is 2.34. The SMILES string of the molecule is CN=C(NCCOc1cccc(NC(C)=O)c1)NCC1(CCO)CCOC1. The van der Waals surface area contributed by atoms with Gasteiger partial charge in [0.25, 0.3) is 0 Å². The van der Waals surface area contributed by atoms with Crippen molar-refractivity contribution in [2.24, 2.45) is 10.4 Å². The third kappa shape index (κ3) is 7.07. The first kappa shape index (κ1) is 21.0. The minimum Gasteiger partial charge on any atom is -0.492 e. The molecule has 0 bridgehead atoms. The summed E-state index contributed by atoms with van der Waals surface area (Å²) in [5, 5.41) is 18.5. The number of aliphatic hydroxyl groups excluding tert-OH is 1. The van der Waals surface area contributed by atoms with Crippen molar-refractivity contribution < 1.29 is 19.4 Å². The van der Waals surface area contributed by atoms with E-state index < -0.39 is 0 Å². The number of ether oxygens (including phenoxy) is 2. The summed E-state index contributed by atoms with van der Waals surface area (Å²) in [7, 11) is 1.72. The molecule has 1 atom stereocenters. The Hall–Kier alpha value is -2.32. The van der Waals surface area contributed by atoms with E-state index in [1.165, 1.54) is 6.92 Å². The molecule has 0 spiro atoms. The molecule has 1 aliphatic rings. The van der Waals surface area contributed by atoms with Gasteiger partial charge in [0, 0.05) is 50.9 Å². The van der Waals surface area contributed by atoms with E-state index in [2.05, 4.69) is 20.9 Å². The van der Waals surface area contributed by atoms with Crippen LogP contribution in [0.2, 0.25) is 0 Å². The number of rotatable bonds is 9. The lowest BCUT2D eigenvalue weighted by Crippen LogP contribution is -2.45. The third-order valence-corrected chi connectivity index (χ3v) is 4.50. The molecule has 1 heterocycles. The molecule has 1 aliphatic heterocycles. The molecule has 8 nitrogen and oxygen atoms in total. The van der Waals surface area contributed by atoms with Gasteiger partial charge in [-0.2, -0.15) is 0 Å². The number of hydrogen-bond donors (Lipinski definition) is 4. The van der Waals surface area contributed by atoms with E-state index >= 15 is 0 Å². The lowest BCUT2D eigenvalue weighted by Gasteiger charge is -2.27. The summed E-state index contributed by atoms with van der Waals surface area (Å²) in [6.07, 6.45) is 1.65. The number of aliphatic imine (C=N–C) groups is 1. The van der Waals surface area contributed by atoms with Crippen LogP contribution in [0, 0.1) is 5.41 Å². The second kappa shape index (κ2) is 10.7. The number of benzene rings is 1. The van der Waals surface area contributed by atoms with Crippen molar-refractivity contribution in [1.82, 2.24) is 10.6 Å². The molecule has 0 aliphatic carbocycles. The predicted molar refractivity (Wildman–Crippen MR) is 105 cm³/mol. The molecular formula is C19H30N4O4. The Balaban J connectivity index is 1.72. The van der Waals surface area contributed by atoms with Crippen molar-refractivity contribution in [1.29, 1.82) is 0 Å². The minimum atomic E-state index is -0.115. The van der Waals surface area contributed by atoms with Crippen LogP contribution in [-0.2, 0) is 9.53 Å². The molecule has 1 fully saturated rings. The van der Waals surface area contributed by atoms with Crippen LogP contribution >= 0.6 is 0 Å². The zero-order chi connectivity index (χ0) is 19.5. The Morgan fingerprint density at radius 1 is 1.41 bits per heavy atom. The van der Waals surface area contributed by atoms with E-state index in [1.54, 1.807) is 13.1 Å². The molecule has 1 aromatic carbocycles. The number of guanidine groups is 1. The summed E-state index contributed by atoms with van der Waals surface area (Å²) in [4.78, 5) is 15.3. The number of carbonyl (C=O) groups excluding carboxylic acids is 1. The normalized spacial score (nSPS) is 19.6. The highest BCUT2D eigenvalue weighted by Crippen LogP contribution is 2.31. The number of amides is 1. The monoisotopic (exact) mass is 378 g/mol. The molecule has 4 N–H and O–H groups in total. The molecule has 1 amide bonds. The van der Waals surface area contributed by atoms with Crippen molar-refractivity contribution >= 4 is 17.6 Å². The first-order valence-electron chi connectivity index (χ1n) is 9.20. The van der Waals surface area contributed by atoms with Crippen LogP contribution in [0.5, 0.6) is 5.75 Å². The van der Waals surface area contributed by atoms with Crippen molar-refractivity contribution in [3.8, 4) is 5.75 Å². The van der Waals surface area contributed by atoms with Crippen LogP contribution in [0.3, 0.4) is 0 Å². The fourth-order valence-electron chi connectivity index (χ4n) is 3.01. The maximum atomic E-state index is 11.1. The van der Waals surface area contributed by atoms with E-state index in [4.69, 9.17) is 9.47 Å². The van der Waals surface area contributed by atoms with Gasteiger partial charge in [-0.05, 0) is 25.0 Å². The second-order valence-corrected chi connectivity index (χ2v) is 6.69. The quantitative estimate of drug-likeness (QED) is 0.290. The summed E-state index contributed by atoms with van der Waals surface area (Å²) in [6.45, 7) is 4.75. The molecule has 1 aromatic rings. The van der Waals surface area contributed by atoms with Gasteiger partial charge in [0.05, 0.1) is 13.2 Å². The van der Waals surface area contributed by atoms with Gasteiger partial charge in [0.15, 0.2) is 5.96 Å². The number of aliphatic hydroxyl groups is 1. The van der Waals surface area contributed by atoms with Crippen LogP contribution in [0.4, 0.5) is 5.69 Å². The number of nitrogens with zero attached hydrogens (tertiary/aromatic N) is 1. The Bertz CT molecular complexity index is 630.